The van der Waals surface area contributed by atoms with E-state index in [2.05, 4.69) is 9.64 Å². The van der Waals surface area contributed by atoms with Crippen molar-refractivity contribution in [1.29, 1.82) is 0 Å². The Morgan fingerprint density at radius 1 is 1.50 bits per heavy atom. The van der Waals surface area contributed by atoms with Gasteiger partial charge in [0.05, 0.1) is 12.7 Å². The van der Waals surface area contributed by atoms with Crippen molar-refractivity contribution in [2.24, 2.45) is 5.73 Å². The van der Waals surface area contributed by atoms with Crippen LogP contribution in [0, 0.1) is 0 Å². The molecule has 0 radical (unpaired) electrons. The predicted octanol–water partition coefficient (Wildman–Crippen LogP) is 2.01. The number of rotatable bonds is 5. The monoisotopic (exact) mass is 286 g/mol. The number of nitrogens with two attached hydrogens (primary N) is 1. The summed E-state index contributed by atoms with van der Waals surface area (Å²) < 4.78 is 34.5. The Balaban J connectivity index is 2.06. The average molecular weight is 286 g/mol. The maximum absolute atomic E-state index is 12.2. The Labute approximate surface area is 117 Å². The van der Waals surface area contributed by atoms with E-state index >= 15 is 0 Å². The predicted molar refractivity (Wildman–Crippen MR) is 71.9 cm³/mol. The van der Waals surface area contributed by atoms with Crippen molar-refractivity contribution in [2.45, 2.75) is 25.7 Å². The van der Waals surface area contributed by atoms with Gasteiger partial charge < -0.3 is 15.2 Å². The fraction of sp³-hybridized carbons (Fsp3) is 0.571. The van der Waals surface area contributed by atoms with E-state index < -0.39 is 6.61 Å². The Morgan fingerprint density at radius 2 is 2.30 bits per heavy atom. The van der Waals surface area contributed by atoms with E-state index in [0.717, 1.165) is 18.7 Å². The van der Waals surface area contributed by atoms with E-state index in [-0.39, 0.29) is 17.9 Å². The number of alkyl halides is 2. The number of ether oxygens (including phenoxy) is 2. The van der Waals surface area contributed by atoms with Crippen LogP contribution in [-0.4, -0.2) is 43.9 Å². The highest BCUT2D eigenvalue weighted by Gasteiger charge is 2.24. The number of hydrogen-bond donors (Lipinski definition) is 1. The molecule has 1 aromatic rings. The smallest absolute Gasteiger partial charge is 0.387 e. The van der Waals surface area contributed by atoms with Gasteiger partial charge in [-0.2, -0.15) is 8.78 Å². The second kappa shape index (κ2) is 6.97. The second-order valence-corrected chi connectivity index (χ2v) is 4.85. The van der Waals surface area contributed by atoms with Gasteiger partial charge in [-0.1, -0.05) is 12.1 Å². The van der Waals surface area contributed by atoms with Crippen molar-refractivity contribution in [3.05, 3.63) is 29.8 Å². The van der Waals surface area contributed by atoms with E-state index in [1.165, 1.54) is 6.07 Å². The van der Waals surface area contributed by atoms with Crippen molar-refractivity contribution >= 4 is 0 Å². The van der Waals surface area contributed by atoms with Gasteiger partial charge in [0, 0.05) is 25.7 Å². The van der Waals surface area contributed by atoms with Gasteiger partial charge >= 0.3 is 6.61 Å². The SMILES string of the molecule is CC(c1cccc(OC(F)F)c1)N1CCOC(CN)C1. The lowest BCUT2D eigenvalue weighted by atomic mass is 10.1. The van der Waals surface area contributed by atoms with Crippen molar-refractivity contribution < 1.29 is 18.3 Å². The summed E-state index contributed by atoms with van der Waals surface area (Å²) >= 11 is 0. The first-order chi connectivity index (χ1) is 9.60. The highest BCUT2D eigenvalue weighted by Crippen LogP contribution is 2.26. The highest BCUT2D eigenvalue weighted by molar-refractivity contribution is 5.30. The first kappa shape index (κ1) is 15.2. The van der Waals surface area contributed by atoms with Crippen LogP contribution in [-0.2, 0) is 4.74 Å². The minimum Gasteiger partial charge on any atom is -0.435 e. The van der Waals surface area contributed by atoms with Gasteiger partial charge in [-0.05, 0) is 24.6 Å². The molecule has 2 atom stereocenters. The summed E-state index contributed by atoms with van der Waals surface area (Å²) in [5.74, 6) is 0.188. The number of morpholine rings is 1. The molecule has 1 aliphatic rings. The molecule has 0 aromatic heterocycles. The number of nitrogens with zero attached hydrogens (tertiary/aromatic N) is 1. The quantitative estimate of drug-likeness (QED) is 0.899. The fourth-order valence-corrected chi connectivity index (χ4v) is 2.40. The summed E-state index contributed by atoms with van der Waals surface area (Å²) in [6.07, 6.45) is 0.0340. The molecule has 6 heteroatoms. The third kappa shape index (κ3) is 3.88. The molecule has 1 heterocycles. The van der Waals surface area contributed by atoms with Gasteiger partial charge in [-0.3, -0.25) is 4.90 Å². The summed E-state index contributed by atoms with van der Waals surface area (Å²) in [6.45, 7) is 1.91. The molecule has 0 spiro atoms. The van der Waals surface area contributed by atoms with Gasteiger partial charge in [0.15, 0.2) is 0 Å². The third-order valence-electron chi connectivity index (χ3n) is 3.55. The molecular formula is C14H20F2N2O2. The number of halogens is 2. The molecule has 1 saturated heterocycles. The standard InChI is InChI=1S/C14H20F2N2O2/c1-10(18-5-6-19-13(8-17)9-18)11-3-2-4-12(7-11)20-14(15)16/h2-4,7,10,13-14H,5-6,8-9,17H2,1H3. The molecule has 0 amide bonds. The number of benzene rings is 1. The lowest BCUT2D eigenvalue weighted by Crippen LogP contribution is -2.46. The summed E-state index contributed by atoms with van der Waals surface area (Å²) in [6, 6.07) is 6.93. The Hall–Kier alpha value is -1.24. The van der Waals surface area contributed by atoms with Gasteiger partial charge in [0.2, 0.25) is 0 Å². The second-order valence-electron chi connectivity index (χ2n) is 4.85. The molecule has 1 fully saturated rings. The Bertz CT molecular complexity index is 431. The van der Waals surface area contributed by atoms with Crippen molar-refractivity contribution in [1.82, 2.24) is 4.90 Å². The Kier molecular flexibility index (Phi) is 5.28. The summed E-state index contributed by atoms with van der Waals surface area (Å²) in [5.41, 5.74) is 6.57. The lowest BCUT2D eigenvalue weighted by molar-refractivity contribution is -0.0501. The van der Waals surface area contributed by atoms with E-state index in [4.69, 9.17) is 10.5 Å². The van der Waals surface area contributed by atoms with Crippen molar-refractivity contribution in [3.8, 4) is 5.75 Å². The molecule has 2 rings (SSSR count). The van der Waals surface area contributed by atoms with Crippen LogP contribution in [0.2, 0.25) is 0 Å². The summed E-state index contributed by atoms with van der Waals surface area (Å²) in [4.78, 5) is 2.24. The minimum atomic E-state index is -2.80. The summed E-state index contributed by atoms with van der Waals surface area (Å²) in [5, 5.41) is 0. The van der Waals surface area contributed by atoms with Crippen LogP contribution in [0.25, 0.3) is 0 Å². The molecule has 20 heavy (non-hydrogen) atoms. The third-order valence-corrected chi connectivity index (χ3v) is 3.55. The van der Waals surface area contributed by atoms with Crippen LogP contribution in [0.15, 0.2) is 24.3 Å². The first-order valence-electron chi connectivity index (χ1n) is 6.70. The molecule has 2 unspecified atom stereocenters. The molecule has 2 N–H and O–H groups in total. The van der Waals surface area contributed by atoms with Gasteiger partial charge in [-0.15, -0.1) is 0 Å². The maximum Gasteiger partial charge on any atom is 0.387 e. The van der Waals surface area contributed by atoms with E-state index in [9.17, 15) is 8.78 Å². The fourth-order valence-electron chi connectivity index (χ4n) is 2.40. The highest BCUT2D eigenvalue weighted by atomic mass is 19.3. The molecule has 0 saturated carbocycles. The van der Waals surface area contributed by atoms with E-state index in [1.54, 1.807) is 12.1 Å². The van der Waals surface area contributed by atoms with Crippen LogP contribution >= 0.6 is 0 Å². The van der Waals surface area contributed by atoms with Crippen LogP contribution in [0.5, 0.6) is 5.75 Å². The first-order valence-corrected chi connectivity index (χ1v) is 6.70. The van der Waals surface area contributed by atoms with Crippen LogP contribution in [0.1, 0.15) is 18.5 Å². The van der Waals surface area contributed by atoms with E-state index in [1.807, 2.05) is 13.0 Å². The van der Waals surface area contributed by atoms with Gasteiger partial charge in [0.1, 0.15) is 5.75 Å². The van der Waals surface area contributed by atoms with Crippen LogP contribution in [0.3, 0.4) is 0 Å². The van der Waals surface area contributed by atoms with Crippen molar-refractivity contribution in [3.63, 3.8) is 0 Å². The van der Waals surface area contributed by atoms with Crippen LogP contribution in [0.4, 0.5) is 8.78 Å². The molecule has 112 valence electrons. The normalized spacial score (nSPS) is 21.9. The lowest BCUT2D eigenvalue weighted by Gasteiger charge is -2.36. The minimum absolute atomic E-state index is 0.0340. The number of hydrogen-bond acceptors (Lipinski definition) is 4. The zero-order valence-corrected chi connectivity index (χ0v) is 11.5. The van der Waals surface area contributed by atoms with Crippen molar-refractivity contribution in [2.75, 3.05) is 26.2 Å². The molecule has 1 aromatic carbocycles. The molecular weight excluding hydrogens is 266 g/mol. The van der Waals surface area contributed by atoms with E-state index in [0.29, 0.717) is 13.2 Å². The average Bonchev–Trinajstić information content (AvgIpc) is 2.46. The molecule has 0 aliphatic carbocycles. The largest absolute Gasteiger partial charge is 0.435 e. The van der Waals surface area contributed by atoms with Crippen LogP contribution < -0.4 is 10.5 Å². The zero-order chi connectivity index (χ0) is 14.5. The maximum atomic E-state index is 12.2. The summed E-state index contributed by atoms with van der Waals surface area (Å²) in [7, 11) is 0. The molecule has 0 bridgehead atoms. The van der Waals surface area contributed by atoms with Gasteiger partial charge in [0.25, 0.3) is 0 Å². The topological polar surface area (TPSA) is 47.7 Å². The zero-order valence-electron chi connectivity index (χ0n) is 11.5. The molecule has 4 nitrogen and oxygen atoms in total. The Morgan fingerprint density at radius 3 is 3.00 bits per heavy atom. The van der Waals surface area contributed by atoms with Gasteiger partial charge in [-0.25, -0.2) is 0 Å². The molecule has 1 aliphatic heterocycles.